The monoisotopic (exact) mass is 394 g/mol. The average Bonchev–Trinajstić information content (AvgIpc) is 3.33. The number of para-hydroxylation sites is 2. The van der Waals surface area contributed by atoms with Crippen LogP contribution in [0, 0.1) is 5.82 Å². The lowest BCUT2D eigenvalue weighted by Gasteiger charge is -2.20. The minimum absolute atomic E-state index is 0.0609. The number of hydrogen-bond donors (Lipinski definition) is 3. The predicted octanol–water partition coefficient (Wildman–Crippen LogP) is 2.00. The number of H-pyrrole nitrogens is 1. The van der Waals surface area contributed by atoms with Gasteiger partial charge >= 0.3 is 0 Å². The molecule has 2 amide bonds. The lowest BCUT2D eigenvalue weighted by Crippen LogP contribution is -2.40. The van der Waals surface area contributed by atoms with Crippen molar-refractivity contribution in [3.8, 4) is 0 Å². The molecule has 9 heteroatoms. The molecule has 0 saturated heterocycles. The van der Waals surface area contributed by atoms with Crippen LogP contribution in [-0.2, 0) is 9.59 Å². The number of nitrogens with one attached hydrogen (secondary N) is 2. The molecule has 2 unspecified atom stereocenters. The number of halogens is 1. The van der Waals surface area contributed by atoms with Crippen molar-refractivity contribution in [1.29, 1.82) is 0 Å². The van der Waals surface area contributed by atoms with E-state index in [1.54, 1.807) is 6.92 Å². The first-order valence-corrected chi connectivity index (χ1v) is 9.09. The number of hydrazone groups is 1. The Morgan fingerprint density at radius 1 is 1.24 bits per heavy atom. The molecule has 4 rings (SSSR count). The first kappa shape index (κ1) is 18.6. The molecule has 2 atom stereocenters. The zero-order valence-electron chi connectivity index (χ0n) is 15.6. The van der Waals surface area contributed by atoms with E-state index >= 15 is 0 Å². The minimum atomic E-state index is -0.817. The predicted molar refractivity (Wildman–Crippen MR) is 107 cm³/mol. The molecular weight excluding hydrogens is 375 g/mol. The molecule has 29 heavy (non-hydrogen) atoms. The van der Waals surface area contributed by atoms with E-state index in [1.165, 1.54) is 29.3 Å². The van der Waals surface area contributed by atoms with E-state index in [0.29, 0.717) is 11.5 Å². The molecule has 1 aliphatic rings. The van der Waals surface area contributed by atoms with Crippen molar-refractivity contribution in [3.05, 3.63) is 60.2 Å². The third-order valence-corrected chi connectivity index (χ3v) is 4.76. The summed E-state index contributed by atoms with van der Waals surface area (Å²) in [6.45, 7) is 1.80. The van der Waals surface area contributed by atoms with Crippen molar-refractivity contribution in [2.75, 3.05) is 5.01 Å². The number of rotatable bonds is 5. The van der Waals surface area contributed by atoms with Gasteiger partial charge in [-0.1, -0.05) is 12.1 Å². The maximum atomic E-state index is 13.2. The lowest BCUT2D eigenvalue weighted by atomic mass is 10.1. The zero-order chi connectivity index (χ0) is 20.5. The summed E-state index contributed by atoms with van der Waals surface area (Å²) in [5, 5.41) is 8.45. The van der Waals surface area contributed by atoms with Crippen LogP contribution in [0.3, 0.4) is 0 Å². The number of imidazole rings is 1. The Kier molecular flexibility index (Phi) is 4.71. The first-order chi connectivity index (χ1) is 13.9. The van der Waals surface area contributed by atoms with Gasteiger partial charge in [-0.25, -0.2) is 9.37 Å². The van der Waals surface area contributed by atoms with Crippen LogP contribution in [0.5, 0.6) is 0 Å². The highest BCUT2D eigenvalue weighted by Gasteiger charge is 2.35. The van der Waals surface area contributed by atoms with E-state index in [4.69, 9.17) is 5.73 Å². The highest BCUT2D eigenvalue weighted by molar-refractivity contribution is 6.40. The molecule has 1 aromatic heterocycles. The molecule has 4 N–H and O–H groups in total. The summed E-state index contributed by atoms with van der Waals surface area (Å²) in [5.41, 5.74) is 7.80. The molecule has 148 valence electrons. The van der Waals surface area contributed by atoms with Gasteiger partial charge in [-0.15, -0.1) is 0 Å². The Balaban J connectivity index is 1.53. The fourth-order valence-corrected chi connectivity index (χ4v) is 3.23. The quantitative estimate of drug-likeness (QED) is 0.614. The third kappa shape index (κ3) is 3.66. The maximum absolute atomic E-state index is 13.2. The van der Waals surface area contributed by atoms with Gasteiger partial charge in [-0.2, -0.15) is 5.10 Å². The summed E-state index contributed by atoms with van der Waals surface area (Å²) >= 11 is 0. The van der Waals surface area contributed by atoms with E-state index in [0.717, 1.165) is 11.0 Å². The van der Waals surface area contributed by atoms with Gasteiger partial charge in [0.05, 0.1) is 22.8 Å². The number of nitrogens with zero attached hydrogens (tertiary/aromatic N) is 3. The normalized spacial score (nSPS) is 17.2. The van der Waals surface area contributed by atoms with Gasteiger partial charge in [0.25, 0.3) is 5.91 Å². The number of aromatic amines is 1. The van der Waals surface area contributed by atoms with Crippen LogP contribution < -0.4 is 16.1 Å². The van der Waals surface area contributed by atoms with E-state index < -0.39 is 29.7 Å². The van der Waals surface area contributed by atoms with Gasteiger partial charge in [0.15, 0.2) is 0 Å². The minimum Gasteiger partial charge on any atom is -0.368 e. The van der Waals surface area contributed by atoms with Crippen molar-refractivity contribution in [2.24, 2.45) is 10.8 Å². The van der Waals surface area contributed by atoms with Crippen LogP contribution >= 0.6 is 0 Å². The Bertz CT molecular complexity index is 1070. The number of carbonyl (C=O) groups excluding carboxylic acids is 2. The number of nitrogens with two attached hydrogens (primary N) is 1. The van der Waals surface area contributed by atoms with Gasteiger partial charge in [0.2, 0.25) is 5.91 Å². The second kappa shape index (κ2) is 7.34. The fourth-order valence-electron chi connectivity index (χ4n) is 3.23. The van der Waals surface area contributed by atoms with Crippen LogP contribution in [0.1, 0.15) is 25.2 Å². The molecule has 2 heterocycles. The fraction of sp³-hybridized carbons (Fsp3) is 0.200. The molecule has 1 aliphatic heterocycles. The van der Waals surface area contributed by atoms with Crippen molar-refractivity contribution in [1.82, 2.24) is 15.3 Å². The highest BCUT2D eigenvalue weighted by atomic mass is 19.1. The summed E-state index contributed by atoms with van der Waals surface area (Å²) in [5.74, 6) is -0.842. The number of amides is 2. The number of fused-ring (bicyclic) bond motifs is 1. The Labute approximate surface area is 165 Å². The number of carbonyl (C=O) groups is 2. The summed E-state index contributed by atoms with van der Waals surface area (Å²) < 4.78 is 13.2. The highest BCUT2D eigenvalue weighted by Crippen LogP contribution is 2.25. The molecule has 0 spiro atoms. The molecule has 2 aromatic carbocycles. The molecule has 0 fully saturated rings. The molecule has 0 radical (unpaired) electrons. The van der Waals surface area contributed by atoms with Crippen LogP contribution in [0.4, 0.5) is 10.1 Å². The van der Waals surface area contributed by atoms with Crippen LogP contribution in [0.2, 0.25) is 0 Å². The van der Waals surface area contributed by atoms with Gasteiger partial charge in [0, 0.05) is 6.42 Å². The van der Waals surface area contributed by atoms with E-state index in [1.807, 2.05) is 24.3 Å². The molecule has 0 aliphatic carbocycles. The van der Waals surface area contributed by atoms with Gasteiger partial charge in [-0.05, 0) is 43.3 Å². The topological polar surface area (TPSA) is 116 Å². The zero-order valence-corrected chi connectivity index (χ0v) is 15.6. The van der Waals surface area contributed by atoms with Crippen LogP contribution in [0.15, 0.2) is 53.6 Å². The number of hydrogen-bond acceptors (Lipinski definition) is 5. The molecule has 0 saturated carbocycles. The van der Waals surface area contributed by atoms with Crippen molar-refractivity contribution in [2.45, 2.75) is 25.4 Å². The number of benzene rings is 2. The SMILES string of the molecule is CC(NC(=O)C1=NN(c2ccc(F)cc2)C(C(N)=O)C1)c1nc2ccccc2[nH]1. The summed E-state index contributed by atoms with van der Waals surface area (Å²) in [6, 6.07) is 11.8. The largest absolute Gasteiger partial charge is 0.368 e. The molecule has 0 bridgehead atoms. The first-order valence-electron chi connectivity index (χ1n) is 9.09. The van der Waals surface area contributed by atoms with Crippen LogP contribution in [-0.4, -0.2) is 33.5 Å². The third-order valence-electron chi connectivity index (χ3n) is 4.76. The maximum Gasteiger partial charge on any atom is 0.268 e. The van der Waals surface area contributed by atoms with E-state index in [2.05, 4.69) is 20.4 Å². The van der Waals surface area contributed by atoms with E-state index in [9.17, 15) is 14.0 Å². The smallest absolute Gasteiger partial charge is 0.268 e. The Morgan fingerprint density at radius 3 is 2.66 bits per heavy atom. The second-order valence-electron chi connectivity index (χ2n) is 6.82. The Hall–Kier alpha value is -3.75. The van der Waals surface area contributed by atoms with E-state index in [-0.39, 0.29) is 12.1 Å². The summed E-state index contributed by atoms with van der Waals surface area (Å²) in [7, 11) is 0. The number of primary amides is 1. The summed E-state index contributed by atoms with van der Waals surface area (Å²) in [4.78, 5) is 32.2. The number of aromatic nitrogens is 2. The number of anilines is 1. The average molecular weight is 394 g/mol. The summed E-state index contributed by atoms with van der Waals surface area (Å²) in [6.07, 6.45) is 0.0609. The van der Waals surface area contributed by atoms with Crippen molar-refractivity contribution < 1.29 is 14.0 Å². The van der Waals surface area contributed by atoms with Gasteiger partial charge in [0.1, 0.15) is 23.4 Å². The molecule has 3 aromatic rings. The van der Waals surface area contributed by atoms with Crippen LogP contribution in [0.25, 0.3) is 11.0 Å². The van der Waals surface area contributed by atoms with Gasteiger partial charge < -0.3 is 16.0 Å². The molecule has 8 nitrogen and oxygen atoms in total. The van der Waals surface area contributed by atoms with Crippen molar-refractivity contribution in [3.63, 3.8) is 0 Å². The molecular formula is C20H19FN6O2. The second-order valence-corrected chi connectivity index (χ2v) is 6.82. The lowest BCUT2D eigenvalue weighted by molar-refractivity contribution is -0.119. The van der Waals surface area contributed by atoms with Gasteiger partial charge in [-0.3, -0.25) is 14.6 Å². The Morgan fingerprint density at radius 2 is 1.97 bits per heavy atom. The standard InChI is InChI=1S/C20H19FN6O2/c1-11(19-24-14-4-2-3-5-15(14)25-19)23-20(29)16-10-17(18(22)28)27(26-16)13-8-6-12(21)7-9-13/h2-9,11,17H,10H2,1H3,(H2,22,28)(H,23,29)(H,24,25). The van der Waals surface area contributed by atoms with Crippen molar-refractivity contribution >= 4 is 34.2 Å².